The fraction of sp³-hybridized carbons (Fsp3) is 0.455. The summed E-state index contributed by atoms with van der Waals surface area (Å²) in [5, 5.41) is 21.4. The molecule has 19 heavy (non-hydrogen) atoms. The number of hydrogen-bond donors (Lipinski definition) is 1. The molecule has 0 radical (unpaired) electrons. The molecule has 0 bridgehead atoms. The average Bonchev–Trinajstić information content (AvgIpc) is 2.77. The van der Waals surface area contributed by atoms with Gasteiger partial charge in [-0.25, -0.2) is 4.63 Å². The maximum atomic E-state index is 10.9. The van der Waals surface area contributed by atoms with Crippen molar-refractivity contribution in [2.24, 2.45) is 0 Å². The number of rotatable bonds is 5. The molecule has 8 nitrogen and oxygen atoms in total. The van der Waals surface area contributed by atoms with Gasteiger partial charge in [0.05, 0.1) is 22.8 Å². The molecule has 0 amide bonds. The van der Waals surface area contributed by atoms with Crippen LogP contribution in [0.1, 0.15) is 13.8 Å². The molecule has 0 aliphatic carbocycles. The largest absolute Gasteiger partial charge is 0.382 e. The van der Waals surface area contributed by atoms with Gasteiger partial charge in [-0.05, 0) is 30.2 Å². The Bertz CT molecular complexity index is 608. The quantitative estimate of drug-likeness (QED) is 0.651. The van der Waals surface area contributed by atoms with E-state index in [1.54, 1.807) is 13.2 Å². The van der Waals surface area contributed by atoms with Crippen molar-refractivity contribution >= 4 is 22.4 Å². The SMILES string of the molecule is COCC(C)(C)Nc1ccc([N+](=O)[O-])c2nonc12. The molecule has 0 saturated carbocycles. The fourth-order valence-electron chi connectivity index (χ4n) is 1.86. The summed E-state index contributed by atoms with van der Waals surface area (Å²) < 4.78 is 9.70. The van der Waals surface area contributed by atoms with E-state index in [4.69, 9.17) is 4.74 Å². The summed E-state index contributed by atoms with van der Waals surface area (Å²) in [5.74, 6) is 0. The van der Waals surface area contributed by atoms with Crippen LogP contribution in [0.2, 0.25) is 0 Å². The zero-order valence-corrected chi connectivity index (χ0v) is 10.8. The molecule has 0 atom stereocenters. The smallest absolute Gasteiger partial charge is 0.300 e. The number of nitro benzene ring substituents is 1. The van der Waals surface area contributed by atoms with Crippen LogP contribution in [0.4, 0.5) is 11.4 Å². The van der Waals surface area contributed by atoms with Crippen LogP contribution in [0.3, 0.4) is 0 Å². The van der Waals surface area contributed by atoms with Crippen LogP contribution in [0.15, 0.2) is 16.8 Å². The van der Waals surface area contributed by atoms with E-state index in [-0.39, 0.29) is 16.7 Å². The van der Waals surface area contributed by atoms with Crippen LogP contribution in [0.5, 0.6) is 0 Å². The highest BCUT2D eigenvalue weighted by molar-refractivity contribution is 5.93. The number of nitrogens with zero attached hydrogens (tertiary/aromatic N) is 3. The zero-order valence-electron chi connectivity index (χ0n) is 10.8. The minimum atomic E-state index is -0.517. The van der Waals surface area contributed by atoms with Gasteiger partial charge < -0.3 is 10.1 Å². The van der Waals surface area contributed by atoms with E-state index in [0.717, 1.165) is 0 Å². The van der Waals surface area contributed by atoms with E-state index < -0.39 is 4.92 Å². The molecule has 0 unspecified atom stereocenters. The lowest BCUT2D eigenvalue weighted by molar-refractivity contribution is -0.383. The highest BCUT2D eigenvalue weighted by Crippen LogP contribution is 2.30. The Morgan fingerprint density at radius 2 is 2.11 bits per heavy atom. The fourth-order valence-corrected chi connectivity index (χ4v) is 1.86. The molecule has 0 spiro atoms. The second kappa shape index (κ2) is 4.81. The number of hydrogen-bond acceptors (Lipinski definition) is 7. The summed E-state index contributed by atoms with van der Waals surface area (Å²) in [5.41, 5.74) is 0.591. The van der Waals surface area contributed by atoms with Crippen LogP contribution in [-0.4, -0.2) is 34.5 Å². The molecule has 0 aliphatic heterocycles. The lowest BCUT2D eigenvalue weighted by atomic mass is 10.1. The second-order valence-corrected chi connectivity index (χ2v) is 4.79. The van der Waals surface area contributed by atoms with Crippen molar-refractivity contribution in [3.8, 4) is 0 Å². The summed E-state index contributed by atoms with van der Waals surface area (Å²) >= 11 is 0. The van der Waals surface area contributed by atoms with Crippen LogP contribution < -0.4 is 5.32 Å². The van der Waals surface area contributed by atoms with Gasteiger partial charge in [0, 0.05) is 13.2 Å². The molecule has 1 heterocycles. The van der Waals surface area contributed by atoms with Crippen LogP contribution in [0.25, 0.3) is 11.0 Å². The number of ether oxygens (including phenoxy) is 1. The van der Waals surface area contributed by atoms with Gasteiger partial charge in [-0.1, -0.05) is 0 Å². The molecule has 0 saturated heterocycles. The predicted octanol–water partition coefficient (Wildman–Crippen LogP) is 1.97. The van der Waals surface area contributed by atoms with E-state index in [9.17, 15) is 10.1 Å². The van der Waals surface area contributed by atoms with E-state index >= 15 is 0 Å². The third-order valence-electron chi connectivity index (χ3n) is 2.57. The lowest BCUT2D eigenvalue weighted by Crippen LogP contribution is -2.35. The summed E-state index contributed by atoms with van der Waals surface area (Å²) in [6, 6.07) is 2.96. The van der Waals surface area contributed by atoms with Crippen LogP contribution in [0, 0.1) is 10.1 Å². The first-order valence-electron chi connectivity index (χ1n) is 5.61. The second-order valence-electron chi connectivity index (χ2n) is 4.79. The number of aromatic nitrogens is 2. The first kappa shape index (κ1) is 13.2. The Hall–Kier alpha value is -2.22. The number of nitrogens with one attached hydrogen (secondary N) is 1. The molecule has 0 fully saturated rings. The van der Waals surface area contributed by atoms with Gasteiger partial charge >= 0.3 is 5.69 Å². The first-order valence-corrected chi connectivity index (χ1v) is 5.61. The Morgan fingerprint density at radius 1 is 1.42 bits per heavy atom. The van der Waals surface area contributed by atoms with Crippen molar-refractivity contribution in [3.05, 3.63) is 22.2 Å². The normalized spacial score (nSPS) is 11.7. The summed E-state index contributed by atoms with van der Waals surface area (Å²) in [7, 11) is 1.60. The van der Waals surface area contributed by atoms with Gasteiger partial charge in [0.1, 0.15) is 0 Å². The number of benzene rings is 1. The van der Waals surface area contributed by atoms with Crippen LogP contribution in [-0.2, 0) is 4.74 Å². The first-order chi connectivity index (χ1) is 8.94. The van der Waals surface area contributed by atoms with Gasteiger partial charge in [0.25, 0.3) is 0 Å². The van der Waals surface area contributed by atoms with Gasteiger partial charge in [-0.2, -0.15) is 0 Å². The topological polar surface area (TPSA) is 103 Å². The van der Waals surface area contributed by atoms with Gasteiger partial charge in [0.15, 0.2) is 5.52 Å². The number of anilines is 1. The van der Waals surface area contributed by atoms with Crippen LogP contribution >= 0.6 is 0 Å². The van der Waals surface area contributed by atoms with Crippen molar-refractivity contribution in [1.29, 1.82) is 0 Å². The highest BCUT2D eigenvalue weighted by Gasteiger charge is 2.23. The zero-order chi connectivity index (χ0) is 14.0. The third-order valence-corrected chi connectivity index (χ3v) is 2.57. The molecule has 2 rings (SSSR count). The maximum absolute atomic E-state index is 10.9. The number of methoxy groups -OCH3 is 1. The standard InChI is InChI=1S/C11H14N4O4/c1-11(2,6-18-3)12-7-4-5-8(15(16)17)10-9(7)13-19-14-10/h4-5,12H,6H2,1-3H3. The van der Waals surface area contributed by atoms with Gasteiger partial charge in [0.2, 0.25) is 5.52 Å². The minimum absolute atomic E-state index is 0.128. The van der Waals surface area contributed by atoms with Crippen molar-refractivity contribution in [3.63, 3.8) is 0 Å². The summed E-state index contributed by atoms with van der Waals surface area (Å²) in [4.78, 5) is 10.4. The van der Waals surface area contributed by atoms with Crippen molar-refractivity contribution < 1.29 is 14.3 Å². The summed E-state index contributed by atoms with van der Waals surface area (Å²) in [6.07, 6.45) is 0. The van der Waals surface area contributed by atoms with E-state index in [2.05, 4.69) is 20.3 Å². The Kier molecular flexibility index (Phi) is 3.34. The minimum Gasteiger partial charge on any atom is -0.382 e. The van der Waals surface area contributed by atoms with Crippen molar-refractivity contribution in [2.45, 2.75) is 19.4 Å². The molecule has 2 aromatic rings. The molecule has 8 heteroatoms. The van der Waals surface area contributed by atoms with E-state index in [1.165, 1.54) is 6.07 Å². The molecule has 1 aromatic carbocycles. The molecule has 102 valence electrons. The monoisotopic (exact) mass is 266 g/mol. The maximum Gasteiger partial charge on any atom is 0.300 e. The molecule has 1 aromatic heterocycles. The van der Waals surface area contributed by atoms with Crippen molar-refractivity contribution in [1.82, 2.24) is 10.3 Å². The Labute approximate surface area is 108 Å². The van der Waals surface area contributed by atoms with Crippen molar-refractivity contribution in [2.75, 3.05) is 19.0 Å². The number of fused-ring (bicyclic) bond motifs is 1. The lowest BCUT2D eigenvalue weighted by Gasteiger charge is -2.26. The molecule has 0 aliphatic rings. The molecular weight excluding hydrogens is 252 g/mol. The summed E-state index contributed by atoms with van der Waals surface area (Å²) in [6.45, 7) is 4.35. The highest BCUT2D eigenvalue weighted by atomic mass is 16.6. The Balaban J connectivity index is 2.43. The Morgan fingerprint density at radius 3 is 2.74 bits per heavy atom. The molecular formula is C11H14N4O4. The van der Waals surface area contributed by atoms with E-state index in [1.807, 2.05) is 13.8 Å². The molecule has 1 N–H and O–H groups in total. The number of nitro groups is 1. The number of non-ortho nitro benzene ring substituents is 1. The van der Waals surface area contributed by atoms with Gasteiger partial charge in [-0.3, -0.25) is 10.1 Å². The average molecular weight is 266 g/mol. The van der Waals surface area contributed by atoms with E-state index in [0.29, 0.717) is 17.8 Å². The third kappa shape index (κ3) is 2.63. The predicted molar refractivity (Wildman–Crippen MR) is 68.0 cm³/mol. The van der Waals surface area contributed by atoms with Gasteiger partial charge in [-0.15, -0.1) is 0 Å².